The second kappa shape index (κ2) is 6.87. The number of carbonyl (C=O) groups excluding carboxylic acids is 1. The van der Waals surface area contributed by atoms with Crippen LogP contribution in [0.5, 0.6) is 0 Å². The summed E-state index contributed by atoms with van der Waals surface area (Å²) in [6.07, 6.45) is 6.27. The molecule has 0 radical (unpaired) electrons. The lowest BCUT2D eigenvalue weighted by atomic mass is 9.87. The maximum atomic E-state index is 12.6. The first-order valence-electron chi connectivity index (χ1n) is 9.43. The van der Waals surface area contributed by atoms with Crippen LogP contribution in [0.1, 0.15) is 69.4 Å². The molecule has 134 valence electrons. The van der Waals surface area contributed by atoms with Crippen molar-refractivity contribution >= 4 is 5.91 Å². The summed E-state index contributed by atoms with van der Waals surface area (Å²) in [5.74, 6) is 1.14. The summed E-state index contributed by atoms with van der Waals surface area (Å²) < 4.78 is 5.31. The standard InChI is InChI=1S/C19H31N3O2/c1-5-14(2)21-11-6-8-19(10-12-21)9-7-18(23)22(19)13-17-15(3)20-24-16(17)4/h14H,5-13H2,1-4H3/t14-,19+/m1/s1. The summed E-state index contributed by atoms with van der Waals surface area (Å²) in [6.45, 7) is 11.4. The molecule has 1 amide bonds. The molecule has 2 fully saturated rings. The van der Waals surface area contributed by atoms with E-state index in [0.29, 0.717) is 24.9 Å². The molecule has 0 aliphatic carbocycles. The molecular formula is C19H31N3O2. The zero-order valence-electron chi connectivity index (χ0n) is 15.6. The summed E-state index contributed by atoms with van der Waals surface area (Å²) in [6, 6.07) is 0.633. The van der Waals surface area contributed by atoms with Gasteiger partial charge in [0.05, 0.1) is 12.2 Å². The molecule has 2 aliphatic heterocycles. The van der Waals surface area contributed by atoms with E-state index >= 15 is 0 Å². The van der Waals surface area contributed by atoms with E-state index in [1.807, 2.05) is 13.8 Å². The van der Waals surface area contributed by atoms with Crippen LogP contribution >= 0.6 is 0 Å². The second-order valence-electron chi connectivity index (χ2n) is 7.65. The van der Waals surface area contributed by atoms with Crippen LogP contribution in [0, 0.1) is 13.8 Å². The third kappa shape index (κ3) is 3.10. The Morgan fingerprint density at radius 1 is 1.25 bits per heavy atom. The molecule has 2 atom stereocenters. The third-order valence-corrected chi connectivity index (χ3v) is 6.34. The van der Waals surface area contributed by atoms with Crippen molar-refractivity contribution in [3.8, 4) is 0 Å². The van der Waals surface area contributed by atoms with Crippen molar-refractivity contribution in [2.24, 2.45) is 0 Å². The maximum Gasteiger partial charge on any atom is 0.223 e. The molecule has 24 heavy (non-hydrogen) atoms. The Morgan fingerprint density at radius 2 is 2.04 bits per heavy atom. The van der Waals surface area contributed by atoms with Crippen LogP contribution in [0.25, 0.3) is 0 Å². The number of hydrogen-bond donors (Lipinski definition) is 0. The largest absolute Gasteiger partial charge is 0.361 e. The average molecular weight is 333 g/mol. The van der Waals surface area contributed by atoms with Crippen LogP contribution < -0.4 is 0 Å². The van der Waals surface area contributed by atoms with E-state index in [9.17, 15) is 4.79 Å². The van der Waals surface area contributed by atoms with Gasteiger partial charge in [0.1, 0.15) is 5.76 Å². The van der Waals surface area contributed by atoms with Gasteiger partial charge in [0.15, 0.2) is 0 Å². The summed E-state index contributed by atoms with van der Waals surface area (Å²) >= 11 is 0. The van der Waals surface area contributed by atoms with Gasteiger partial charge in [0.25, 0.3) is 0 Å². The summed E-state index contributed by atoms with van der Waals surface area (Å²) in [5, 5.41) is 4.06. The lowest BCUT2D eigenvalue weighted by Crippen LogP contribution is -2.46. The molecule has 2 aliphatic rings. The van der Waals surface area contributed by atoms with E-state index in [1.165, 1.54) is 12.8 Å². The smallest absolute Gasteiger partial charge is 0.223 e. The SMILES string of the molecule is CC[C@@H](C)N1CCC[C@]2(CCC(=O)N2Cc2c(C)noc2C)CC1. The molecule has 1 spiro atoms. The molecule has 0 bridgehead atoms. The molecule has 5 nitrogen and oxygen atoms in total. The molecule has 0 N–H and O–H groups in total. The van der Waals surface area contributed by atoms with Crippen LogP contribution in [-0.4, -0.2) is 45.5 Å². The van der Waals surface area contributed by atoms with Crippen LogP contribution in [0.15, 0.2) is 4.52 Å². The Balaban J connectivity index is 1.79. The molecular weight excluding hydrogens is 302 g/mol. The highest BCUT2D eigenvalue weighted by molar-refractivity contribution is 5.79. The lowest BCUT2D eigenvalue weighted by molar-refractivity contribution is -0.132. The zero-order valence-corrected chi connectivity index (χ0v) is 15.6. The van der Waals surface area contributed by atoms with Gasteiger partial charge in [-0.25, -0.2) is 0 Å². The molecule has 1 aromatic rings. The minimum absolute atomic E-state index is 0.0371. The first kappa shape index (κ1) is 17.5. The third-order valence-electron chi connectivity index (χ3n) is 6.34. The topological polar surface area (TPSA) is 49.6 Å². The van der Waals surface area contributed by atoms with E-state index in [4.69, 9.17) is 4.52 Å². The number of carbonyl (C=O) groups is 1. The van der Waals surface area contributed by atoms with Gasteiger partial charge in [-0.3, -0.25) is 4.79 Å². The minimum atomic E-state index is 0.0371. The van der Waals surface area contributed by atoms with Gasteiger partial charge in [-0.1, -0.05) is 12.1 Å². The Bertz CT molecular complexity index is 578. The number of hydrogen-bond acceptors (Lipinski definition) is 4. The first-order valence-corrected chi connectivity index (χ1v) is 9.43. The Morgan fingerprint density at radius 3 is 2.71 bits per heavy atom. The van der Waals surface area contributed by atoms with Crippen LogP contribution in [0.4, 0.5) is 0 Å². The number of nitrogens with zero attached hydrogens (tertiary/aromatic N) is 3. The normalized spacial score (nSPS) is 27.0. The van der Waals surface area contributed by atoms with Crippen molar-refractivity contribution in [3.63, 3.8) is 0 Å². The lowest BCUT2D eigenvalue weighted by Gasteiger charge is -2.38. The Labute approximate surface area is 145 Å². The maximum absolute atomic E-state index is 12.6. The molecule has 0 saturated carbocycles. The monoisotopic (exact) mass is 333 g/mol. The van der Waals surface area contributed by atoms with E-state index < -0.39 is 0 Å². The predicted octanol–water partition coefficient (Wildman–Crippen LogP) is 3.44. The van der Waals surface area contributed by atoms with Gasteiger partial charge >= 0.3 is 0 Å². The zero-order chi connectivity index (χ0) is 17.3. The van der Waals surface area contributed by atoms with Gasteiger partial charge in [-0.05, 0) is 59.4 Å². The van der Waals surface area contributed by atoms with E-state index in [1.54, 1.807) is 0 Å². The fourth-order valence-electron chi connectivity index (χ4n) is 4.43. The van der Waals surface area contributed by atoms with E-state index in [0.717, 1.165) is 49.4 Å². The molecule has 3 rings (SSSR count). The quantitative estimate of drug-likeness (QED) is 0.847. The number of rotatable bonds is 4. The van der Waals surface area contributed by atoms with Gasteiger partial charge in [0.2, 0.25) is 5.91 Å². The second-order valence-corrected chi connectivity index (χ2v) is 7.65. The fourth-order valence-corrected chi connectivity index (χ4v) is 4.43. The summed E-state index contributed by atoms with van der Waals surface area (Å²) in [4.78, 5) is 17.4. The predicted molar refractivity (Wildman–Crippen MR) is 93.7 cm³/mol. The minimum Gasteiger partial charge on any atom is -0.361 e. The van der Waals surface area contributed by atoms with Crippen molar-refractivity contribution in [1.82, 2.24) is 15.0 Å². The Kier molecular flexibility index (Phi) is 5.00. The van der Waals surface area contributed by atoms with Crippen molar-refractivity contribution in [2.45, 2.75) is 84.3 Å². The fraction of sp³-hybridized carbons (Fsp3) is 0.789. The van der Waals surface area contributed by atoms with Crippen LogP contribution in [0.2, 0.25) is 0 Å². The van der Waals surface area contributed by atoms with Crippen molar-refractivity contribution in [3.05, 3.63) is 17.0 Å². The van der Waals surface area contributed by atoms with Gasteiger partial charge in [-0.15, -0.1) is 0 Å². The van der Waals surface area contributed by atoms with E-state index in [-0.39, 0.29) is 5.54 Å². The first-order chi connectivity index (χ1) is 11.5. The van der Waals surface area contributed by atoms with E-state index in [2.05, 4.69) is 28.8 Å². The summed E-state index contributed by atoms with van der Waals surface area (Å²) in [5.41, 5.74) is 2.04. The molecule has 2 saturated heterocycles. The molecule has 5 heteroatoms. The van der Waals surface area contributed by atoms with Gasteiger partial charge in [-0.2, -0.15) is 0 Å². The van der Waals surface area contributed by atoms with Gasteiger partial charge in [0, 0.05) is 30.1 Å². The average Bonchev–Trinajstić information content (AvgIpc) is 2.94. The van der Waals surface area contributed by atoms with Crippen molar-refractivity contribution in [2.75, 3.05) is 13.1 Å². The van der Waals surface area contributed by atoms with Crippen LogP contribution in [-0.2, 0) is 11.3 Å². The van der Waals surface area contributed by atoms with Crippen molar-refractivity contribution in [1.29, 1.82) is 0 Å². The highest BCUT2D eigenvalue weighted by atomic mass is 16.5. The number of amides is 1. The number of likely N-dealkylation sites (tertiary alicyclic amines) is 2. The number of aryl methyl sites for hydroxylation is 2. The molecule has 0 unspecified atom stereocenters. The molecule has 0 aromatic carbocycles. The highest BCUT2D eigenvalue weighted by Gasteiger charge is 2.46. The molecule has 3 heterocycles. The van der Waals surface area contributed by atoms with Crippen LogP contribution in [0.3, 0.4) is 0 Å². The van der Waals surface area contributed by atoms with Gasteiger partial charge < -0.3 is 14.3 Å². The van der Waals surface area contributed by atoms with Crippen molar-refractivity contribution < 1.29 is 9.32 Å². The number of aromatic nitrogens is 1. The molecule has 1 aromatic heterocycles. The summed E-state index contributed by atoms with van der Waals surface area (Å²) in [7, 11) is 0. The highest BCUT2D eigenvalue weighted by Crippen LogP contribution is 2.40. The Hall–Kier alpha value is -1.36.